The number of rotatable bonds is 5. The van der Waals surface area contributed by atoms with E-state index in [1.165, 1.54) is 24.6 Å². The molecule has 1 aromatic carbocycles. The molecule has 0 aliphatic carbocycles. The summed E-state index contributed by atoms with van der Waals surface area (Å²) in [5, 5.41) is 6.61. The van der Waals surface area contributed by atoms with Crippen LogP contribution in [0.25, 0.3) is 0 Å². The highest BCUT2D eigenvalue weighted by molar-refractivity contribution is 5.55. The standard InChI is InChI=1S/C26H39FN6/c1-25(2)15-21(16-26(3,4)33(25)6)29-23-22(27)17-28-24(31-23)30-20-9-7-18(8-10-20)19-11-13-32(5)14-12-19/h7-10,17,19,21H,11-16H2,1-6H3,(H2,28,29,30,31). The largest absolute Gasteiger partial charge is 0.365 e. The average molecular weight is 455 g/mol. The van der Waals surface area contributed by atoms with Crippen molar-refractivity contribution in [1.82, 2.24) is 19.8 Å². The Morgan fingerprint density at radius 1 is 0.970 bits per heavy atom. The van der Waals surface area contributed by atoms with E-state index in [1.54, 1.807) is 0 Å². The maximum absolute atomic E-state index is 14.6. The van der Waals surface area contributed by atoms with Gasteiger partial charge in [0.05, 0.1) is 6.20 Å². The number of benzene rings is 1. The van der Waals surface area contributed by atoms with Gasteiger partial charge in [-0.15, -0.1) is 0 Å². The van der Waals surface area contributed by atoms with Crippen molar-refractivity contribution < 1.29 is 4.39 Å². The van der Waals surface area contributed by atoms with Crippen LogP contribution in [-0.4, -0.2) is 64.1 Å². The molecule has 2 aliphatic heterocycles. The fourth-order valence-corrected chi connectivity index (χ4v) is 5.50. The maximum Gasteiger partial charge on any atom is 0.229 e. The highest BCUT2D eigenvalue weighted by Crippen LogP contribution is 2.38. The molecule has 0 unspecified atom stereocenters. The van der Waals surface area contributed by atoms with Crippen molar-refractivity contribution in [2.75, 3.05) is 37.8 Å². The lowest BCUT2D eigenvalue weighted by molar-refractivity contribution is -0.00778. The van der Waals surface area contributed by atoms with Gasteiger partial charge in [-0.3, -0.25) is 4.90 Å². The van der Waals surface area contributed by atoms with E-state index >= 15 is 0 Å². The number of hydrogen-bond acceptors (Lipinski definition) is 6. The Kier molecular flexibility index (Phi) is 6.65. The summed E-state index contributed by atoms with van der Waals surface area (Å²) < 4.78 is 14.6. The van der Waals surface area contributed by atoms with Gasteiger partial charge in [0, 0.05) is 22.8 Å². The molecule has 7 heteroatoms. The van der Waals surface area contributed by atoms with Crippen molar-refractivity contribution in [2.45, 2.75) is 76.4 Å². The summed E-state index contributed by atoms with van der Waals surface area (Å²) in [7, 11) is 4.35. The Morgan fingerprint density at radius 2 is 1.58 bits per heavy atom. The van der Waals surface area contributed by atoms with Gasteiger partial charge in [-0.2, -0.15) is 4.98 Å². The van der Waals surface area contributed by atoms with Crippen LogP contribution in [0.2, 0.25) is 0 Å². The molecule has 2 fully saturated rings. The molecule has 0 atom stereocenters. The lowest BCUT2D eigenvalue weighted by atomic mass is 9.77. The zero-order chi connectivity index (χ0) is 23.8. The van der Waals surface area contributed by atoms with Crippen molar-refractivity contribution in [3.05, 3.63) is 41.8 Å². The van der Waals surface area contributed by atoms with Crippen molar-refractivity contribution in [2.24, 2.45) is 0 Å². The number of hydrogen-bond donors (Lipinski definition) is 2. The molecule has 0 spiro atoms. The third-order valence-corrected chi connectivity index (χ3v) is 7.75. The lowest BCUT2D eigenvalue weighted by Gasteiger charge is -2.53. The van der Waals surface area contributed by atoms with Crippen molar-refractivity contribution in [3.63, 3.8) is 0 Å². The molecule has 1 aromatic heterocycles. The molecule has 2 aromatic rings. The summed E-state index contributed by atoms with van der Waals surface area (Å²) in [4.78, 5) is 13.4. The van der Waals surface area contributed by atoms with Gasteiger partial charge < -0.3 is 15.5 Å². The average Bonchev–Trinajstić information content (AvgIpc) is 2.75. The molecule has 4 rings (SSSR count). The molecule has 0 bridgehead atoms. The van der Waals surface area contributed by atoms with Gasteiger partial charge >= 0.3 is 0 Å². The second kappa shape index (κ2) is 9.18. The van der Waals surface area contributed by atoms with Crippen LogP contribution >= 0.6 is 0 Å². The van der Waals surface area contributed by atoms with Gasteiger partial charge in [-0.05, 0) is 104 Å². The summed E-state index contributed by atoms with van der Waals surface area (Å²) in [5.41, 5.74) is 2.31. The summed E-state index contributed by atoms with van der Waals surface area (Å²) in [6.45, 7) is 11.2. The fraction of sp³-hybridized carbons (Fsp3) is 0.615. The first kappa shape index (κ1) is 23.9. The lowest BCUT2D eigenvalue weighted by Crippen LogP contribution is -2.61. The third kappa shape index (κ3) is 5.46. The highest BCUT2D eigenvalue weighted by atomic mass is 19.1. The van der Waals surface area contributed by atoms with E-state index in [9.17, 15) is 4.39 Å². The molecular formula is C26H39FN6. The first-order valence-corrected chi connectivity index (χ1v) is 12.1. The first-order valence-electron chi connectivity index (χ1n) is 12.1. The van der Waals surface area contributed by atoms with Crippen LogP contribution in [0.1, 0.15) is 64.9 Å². The molecule has 33 heavy (non-hydrogen) atoms. The molecule has 180 valence electrons. The Morgan fingerprint density at radius 3 is 2.18 bits per heavy atom. The smallest absolute Gasteiger partial charge is 0.229 e. The van der Waals surface area contributed by atoms with Gasteiger partial charge in [0.15, 0.2) is 11.6 Å². The number of halogens is 1. The Balaban J connectivity index is 1.43. The minimum atomic E-state index is -0.423. The predicted molar refractivity (Wildman–Crippen MR) is 134 cm³/mol. The van der Waals surface area contributed by atoms with Crippen molar-refractivity contribution in [3.8, 4) is 0 Å². The zero-order valence-electron chi connectivity index (χ0n) is 21.0. The van der Waals surface area contributed by atoms with Crippen LogP contribution in [0, 0.1) is 5.82 Å². The van der Waals surface area contributed by atoms with Gasteiger partial charge in [0.25, 0.3) is 0 Å². The highest BCUT2D eigenvalue weighted by Gasteiger charge is 2.43. The molecule has 0 saturated carbocycles. The Hall–Kier alpha value is -2.25. The first-order chi connectivity index (χ1) is 15.5. The fourth-order valence-electron chi connectivity index (χ4n) is 5.50. The van der Waals surface area contributed by atoms with E-state index < -0.39 is 5.82 Å². The Bertz CT molecular complexity index is 932. The monoisotopic (exact) mass is 454 g/mol. The third-order valence-electron chi connectivity index (χ3n) is 7.75. The summed E-state index contributed by atoms with van der Waals surface area (Å²) in [6, 6.07) is 8.63. The van der Waals surface area contributed by atoms with Gasteiger partial charge in [-0.25, -0.2) is 9.37 Å². The number of aromatic nitrogens is 2. The molecule has 6 nitrogen and oxygen atoms in total. The van der Waals surface area contributed by atoms with E-state index in [1.807, 2.05) is 0 Å². The van der Waals surface area contributed by atoms with Crippen LogP contribution < -0.4 is 10.6 Å². The zero-order valence-corrected chi connectivity index (χ0v) is 21.0. The predicted octanol–water partition coefficient (Wildman–Crippen LogP) is 5.23. The Labute approximate surface area is 198 Å². The van der Waals surface area contributed by atoms with E-state index in [-0.39, 0.29) is 22.9 Å². The van der Waals surface area contributed by atoms with Crippen molar-refractivity contribution >= 4 is 17.5 Å². The molecular weight excluding hydrogens is 415 g/mol. The second-order valence-corrected chi connectivity index (χ2v) is 11.1. The molecule has 0 radical (unpaired) electrons. The number of likely N-dealkylation sites (tertiary alicyclic amines) is 2. The number of anilines is 3. The molecule has 0 amide bonds. The van der Waals surface area contributed by atoms with Crippen molar-refractivity contribution in [1.29, 1.82) is 0 Å². The molecule has 2 saturated heterocycles. The van der Waals surface area contributed by atoms with Crippen LogP contribution in [-0.2, 0) is 0 Å². The van der Waals surface area contributed by atoms with Gasteiger partial charge in [0.2, 0.25) is 5.95 Å². The SMILES string of the molecule is CN1CCC(c2ccc(Nc3ncc(F)c(NC4CC(C)(C)N(C)C(C)(C)C4)n3)cc2)CC1. The normalized spacial score (nSPS) is 22.3. The van der Waals surface area contributed by atoms with Gasteiger partial charge in [0.1, 0.15) is 0 Å². The van der Waals surface area contributed by atoms with E-state index in [2.05, 4.69) is 96.5 Å². The topological polar surface area (TPSA) is 56.3 Å². The number of piperidine rings is 2. The number of nitrogens with one attached hydrogen (secondary N) is 2. The van der Waals surface area contributed by atoms with E-state index in [0.29, 0.717) is 11.9 Å². The van der Waals surface area contributed by atoms with Gasteiger partial charge in [-0.1, -0.05) is 12.1 Å². The van der Waals surface area contributed by atoms with Crippen LogP contribution in [0.5, 0.6) is 0 Å². The minimum absolute atomic E-state index is 0.0134. The van der Waals surface area contributed by atoms with Crippen LogP contribution in [0.4, 0.5) is 21.8 Å². The molecule has 2 aliphatic rings. The minimum Gasteiger partial charge on any atom is -0.365 e. The summed E-state index contributed by atoms with van der Waals surface area (Å²) in [5.74, 6) is 0.859. The molecule has 2 N–H and O–H groups in total. The maximum atomic E-state index is 14.6. The van der Waals surface area contributed by atoms with E-state index in [4.69, 9.17) is 0 Å². The second-order valence-electron chi connectivity index (χ2n) is 11.1. The molecule has 3 heterocycles. The summed E-state index contributed by atoms with van der Waals surface area (Å²) >= 11 is 0. The van der Waals surface area contributed by atoms with E-state index in [0.717, 1.165) is 31.6 Å². The number of nitrogens with zero attached hydrogens (tertiary/aromatic N) is 4. The van der Waals surface area contributed by atoms with Crippen LogP contribution in [0.15, 0.2) is 30.5 Å². The van der Waals surface area contributed by atoms with Crippen LogP contribution in [0.3, 0.4) is 0 Å². The quantitative estimate of drug-likeness (QED) is 0.645. The summed E-state index contributed by atoms with van der Waals surface area (Å²) in [6.07, 6.45) is 5.47.